The Balaban J connectivity index is 1.25. The molecule has 33 heavy (non-hydrogen) atoms. The molecule has 1 aliphatic rings. The van der Waals surface area contributed by atoms with Gasteiger partial charge in [-0.25, -0.2) is 0 Å². The van der Waals surface area contributed by atoms with E-state index in [-0.39, 0.29) is 18.9 Å². The summed E-state index contributed by atoms with van der Waals surface area (Å²) in [5.74, 6) is 0.473. The lowest BCUT2D eigenvalue weighted by Gasteiger charge is -2.25. The molecule has 2 N–H and O–H groups in total. The van der Waals surface area contributed by atoms with Crippen LogP contribution in [0.15, 0.2) is 72.8 Å². The second kappa shape index (κ2) is 9.69. The first-order chi connectivity index (χ1) is 16.0. The van der Waals surface area contributed by atoms with E-state index in [9.17, 15) is 19.7 Å². The normalized spacial score (nSPS) is 14.1. The Morgan fingerprint density at radius 2 is 1.67 bits per heavy atom. The third-order valence-electron chi connectivity index (χ3n) is 4.77. The fraction of sp³-hybridized carbons (Fsp3) is 0.130. The number of hydrogen-bond donors (Lipinski definition) is 2. The quantitative estimate of drug-likeness (QED) is 0.437. The van der Waals surface area contributed by atoms with Gasteiger partial charge < -0.3 is 14.2 Å². The monoisotopic (exact) mass is 449 g/mol. The number of amides is 2. The summed E-state index contributed by atoms with van der Waals surface area (Å²) in [6.45, 7) is 0.249. The van der Waals surface area contributed by atoms with Gasteiger partial charge in [0.05, 0.1) is 4.92 Å². The zero-order chi connectivity index (χ0) is 23.2. The number of benzene rings is 3. The van der Waals surface area contributed by atoms with Gasteiger partial charge in [0.1, 0.15) is 19.0 Å². The fourth-order valence-electron chi connectivity index (χ4n) is 3.00. The lowest BCUT2D eigenvalue weighted by Crippen LogP contribution is -2.50. The number of carbonyl (C=O) groups excluding carboxylic acids is 2. The number of nitrogens with one attached hydrogen (secondary N) is 2. The van der Waals surface area contributed by atoms with Crippen molar-refractivity contribution >= 4 is 17.5 Å². The number of fused-ring (bicyclic) bond motifs is 1. The number of non-ortho nitro benzene ring substituents is 1. The van der Waals surface area contributed by atoms with Crippen LogP contribution in [0.2, 0.25) is 0 Å². The van der Waals surface area contributed by atoms with Gasteiger partial charge in [0.25, 0.3) is 17.5 Å². The van der Waals surface area contributed by atoms with E-state index in [1.165, 1.54) is 24.3 Å². The highest BCUT2D eigenvalue weighted by Crippen LogP contribution is 2.30. The number of para-hydroxylation sites is 2. The summed E-state index contributed by atoms with van der Waals surface area (Å²) in [6, 6.07) is 19.4. The van der Waals surface area contributed by atoms with Crippen molar-refractivity contribution in [2.75, 3.05) is 6.61 Å². The molecule has 1 heterocycles. The number of nitro groups is 1. The van der Waals surface area contributed by atoms with Crippen molar-refractivity contribution in [2.45, 2.75) is 12.7 Å². The first-order valence-corrected chi connectivity index (χ1v) is 9.94. The van der Waals surface area contributed by atoms with Crippen molar-refractivity contribution in [1.29, 1.82) is 0 Å². The number of ether oxygens (including phenoxy) is 3. The van der Waals surface area contributed by atoms with E-state index in [1.54, 1.807) is 48.5 Å². The van der Waals surface area contributed by atoms with Crippen molar-refractivity contribution in [3.63, 3.8) is 0 Å². The van der Waals surface area contributed by atoms with Gasteiger partial charge in [0.15, 0.2) is 11.5 Å². The molecule has 0 spiro atoms. The third kappa shape index (κ3) is 5.37. The Bertz CT molecular complexity index is 1160. The molecule has 0 saturated carbocycles. The van der Waals surface area contributed by atoms with E-state index in [4.69, 9.17) is 14.2 Å². The molecule has 1 atom stereocenters. The molecule has 3 aromatic rings. The number of nitro benzene ring substituents is 1. The molecule has 0 saturated heterocycles. The van der Waals surface area contributed by atoms with Gasteiger partial charge in [-0.3, -0.25) is 30.6 Å². The SMILES string of the molecule is O=C(NNC(=O)C1COc2ccccc2O1)c1ccc(COc2ccc([N+](=O)[O-])cc2)cc1. The molecule has 3 aromatic carbocycles. The summed E-state index contributed by atoms with van der Waals surface area (Å²) in [7, 11) is 0. The van der Waals surface area contributed by atoms with Crippen LogP contribution >= 0.6 is 0 Å². The van der Waals surface area contributed by atoms with E-state index in [2.05, 4.69) is 10.9 Å². The summed E-state index contributed by atoms with van der Waals surface area (Å²) in [4.78, 5) is 34.8. The highest BCUT2D eigenvalue weighted by Gasteiger charge is 2.27. The Hall–Kier alpha value is -4.60. The highest BCUT2D eigenvalue weighted by molar-refractivity contribution is 5.95. The maximum Gasteiger partial charge on any atom is 0.283 e. The number of nitrogens with zero attached hydrogens (tertiary/aromatic N) is 1. The molecule has 0 bridgehead atoms. The lowest BCUT2D eigenvalue weighted by atomic mass is 10.1. The Labute approximate surface area is 188 Å². The number of hydrazine groups is 1. The molecule has 0 radical (unpaired) electrons. The van der Waals surface area contributed by atoms with Crippen LogP contribution in [0, 0.1) is 10.1 Å². The smallest absolute Gasteiger partial charge is 0.283 e. The molecule has 2 amide bonds. The molecule has 1 aliphatic heterocycles. The van der Waals surface area contributed by atoms with E-state index in [0.29, 0.717) is 22.8 Å². The maximum absolute atomic E-state index is 12.3. The maximum atomic E-state index is 12.3. The van der Waals surface area contributed by atoms with Gasteiger partial charge >= 0.3 is 0 Å². The van der Waals surface area contributed by atoms with Crippen molar-refractivity contribution in [2.24, 2.45) is 0 Å². The van der Waals surface area contributed by atoms with E-state index < -0.39 is 22.8 Å². The summed E-state index contributed by atoms with van der Waals surface area (Å²) >= 11 is 0. The van der Waals surface area contributed by atoms with Crippen LogP contribution < -0.4 is 25.1 Å². The Morgan fingerprint density at radius 3 is 2.36 bits per heavy atom. The number of hydrogen-bond acceptors (Lipinski definition) is 7. The minimum Gasteiger partial charge on any atom is -0.489 e. The molecule has 168 valence electrons. The molecular weight excluding hydrogens is 430 g/mol. The Kier molecular flexibility index (Phi) is 6.35. The second-order valence-electron chi connectivity index (χ2n) is 7.04. The minimum atomic E-state index is -0.890. The third-order valence-corrected chi connectivity index (χ3v) is 4.77. The molecule has 0 fully saturated rings. The molecule has 0 aliphatic carbocycles. The van der Waals surface area contributed by atoms with Crippen LogP contribution in [0.4, 0.5) is 5.69 Å². The van der Waals surface area contributed by atoms with Gasteiger partial charge in [0, 0.05) is 17.7 Å². The predicted molar refractivity (Wildman–Crippen MR) is 116 cm³/mol. The summed E-state index contributed by atoms with van der Waals surface area (Å²) < 4.78 is 16.7. The van der Waals surface area contributed by atoms with Crippen LogP contribution in [-0.4, -0.2) is 29.4 Å². The molecular formula is C23H19N3O7. The van der Waals surface area contributed by atoms with Crippen molar-refractivity contribution in [3.05, 3.63) is 94.0 Å². The van der Waals surface area contributed by atoms with Crippen LogP contribution in [0.3, 0.4) is 0 Å². The lowest BCUT2D eigenvalue weighted by molar-refractivity contribution is -0.384. The summed E-state index contributed by atoms with van der Waals surface area (Å²) in [6.07, 6.45) is -0.890. The van der Waals surface area contributed by atoms with Crippen LogP contribution in [0.1, 0.15) is 15.9 Å². The number of rotatable bonds is 6. The van der Waals surface area contributed by atoms with E-state index in [1.807, 2.05) is 0 Å². The van der Waals surface area contributed by atoms with Gasteiger partial charge in [0.2, 0.25) is 6.10 Å². The molecule has 0 aromatic heterocycles. The summed E-state index contributed by atoms with van der Waals surface area (Å²) in [5.41, 5.74) is 5.80. The van der Waals surface area contributed by atoms with Gasteiger partial charge in [-0.1, -0.05) is 24.3 Å². The van der Waals surface area contributed by atoms with Gasteiger partial charge in [-0.15, -0.1) is 0 Å². The first kappa shape index (κ1) is 21.6. The van der Waals surface area contributed by atoms with Crippen molar-refractivity contribution in [1.82, 2.24) is 10.9 Å². The molecule has 10 heteroatoms. The average Bonchev–Trinajstić information content (AvgIpc) is 2.86. The molecule has 10 nitrogen and oxygen atoms in total. The van der Waals surface area contributed by atoms with Crippen molar-refractivity contribution in [3.8, 4) is 17.2 Å². The molecule has 1 unspecified atom stereocenters. The van der Waals surface area contributed by atoms with Crippen LogP contribution in [-0.2, 0) is 11.4 Å². The topological polar surface area (TPSA) is 129 Å². The average molecular weight is 449 g/mol. The van der Waals surface area contributed by atoms with Crippen LogP contribution in [0.5, 0.6) is 17.2 Å². The van der Waals surface area contributed by atoms with E-state index >= 15 is 0 Å². The fourth-order valence-corrected chi connectivity index (χ4v) is 3.00. The predicted octanol–water partition coefficient (Wildman–Crippen LogP) is 2.77. The van der Waals surface area contributed by atoms with Gasteiger partial charge in [-0.2, -0.15) is 0 Å². The second-order valence-corrected chi connectivity index (χ2v) is 7.04. The summed E-state index contributed by atoms with van der Waals surface area (Å²) in [5, 5.41) is 10.7. The highest BCUT2D eigenvalue weighted by atomic mass is 16.6. The largest absolute Gasteiger partial charge is 0.489 e. The van der Waals surface area contributed by atoms with Crippen molar-refractivity contribution < 1.29 is 28.7 Å². The van der Waals surface area contributed by atoms with Gasteiger partial charge in [-0.05, 0) is 42.0 Å². The first-order valence-electron chi connectivity index (χ1n) is 9.94. The molecule has 4 rings (SSSR count). The van der Waals surface area contributed by atoms with E-state index in [0.717, 1.165) is 5.56 Å². The zero-order valence-corrected chi connectivity index (χ0v) is 17.2. The van der Waals surface area contributed by atoms with Crippen LogP contribution in [0.25, 0.3) is 0 Å². The Morgan fingerprint density at radius 1 is 0.970 bits per heavy atom. The number of carbonyl (C=O) groups is 2. The standard InChI is InChI=1S/C23H19N3O7/c27-22(24-25-23(28)21-14-32-19-3-1-2-4-20(19)33-21)16-7-5-15(6-8-16)13-31-18-11-9-17(10-12-18)26(29)30/h1-12,21H,13-14H2,(H,24,27)(H,25,28). The zero-order valence-electron chi connectivity index (χ0n) is 17.2. The minimum absolute atomic E-state index is 0.0165.